The highest BCUT2D eigenvalue weighted by atomic mass is 19.1. The monoisotopic (exact) mass is 380 g/mol. The van der Waals surface area contributed by atoms with E-state index in [-0.39, 0.29) is 17.3 Å². The Hall–Kier alpha value is -3.81. The third kappa shape index (κ3) is 3.96. The van der Waals surface area contributed by atoms with E-state index in [0.717, 1.165) is 5.56 Å². The Bertz CT molecular complexity index is 1120. The molecule has 0 aliphatic heterocycles. The molecule has 2 aromatic carbocycles. The fraction of sp³-hybridized carbons (Fsp3) is 0.0500. The van der Waals surface area contributed by atoms with Gasteiger partial charge in [0.2, 0.25) is 0 Å². The Morgan fingerprint density at radius 3 is 2.68 bits per heavy atom. The summed E-state index contributed by atoms with van der Waals surface area (Å²) in [4.78, 5) is 12.3. The van der Waals surface area contributed by atoms with Gasteiger partial charge in [-0.15, -0.1) is 0 Å². The molecule has 0 aliphatic carbocycles. The quantitative estimate of drug-likeness (QED) is 0.565. The fourth-order valence-electron chi connectivity index (χ4n) is 2.66. The van der Waals surface area contributed by atoms with Crippen LogP contribution in [0.1, 0.15) is 16.1 Å². The standard InChI is InChI=1S/C20H14F2N4O2/c21-15-6-4-14(5-7-15)19-9-18(25-28-19)20(27)24-17-10-23-26(12-17)11-13-2-1-3-16(22)8-13/h1-10,12H,11H2,(H,24,27). The zero-order chi connectivity index (χ0) is 19.5. The second kappa shape index (κ2) is 7.43. The zero-order valence-electron chi connectivity index (χ0n) is 14.5. The van der Waals surface area contributed by atoms with Crippen molar-refractivity contribution in [3.05, 3.63) is 89.9 Å². The minimum atomic E-state index is -0.470. The summed E-state index contributed by atoms with van der Waals surface area (Å²) in [5, 5.41) is 10.6. The molecule has 1 amide bonds. The van der Waals surface area contributed by atoms with Gasteiger partial charge in [-0.2, -0.15) is 5.10 Å². The van der Waals surface area contributed by atoms with Gasteiger partial charge >= 0.3 is 0 Å². The summed E-state index contributed by atoms with van der Waals surface area (Å²) in [7, 11) is 0. The molecule has 4 aromatic rings. The molecule has 0 saturated heterocycles. The first-order valence-electron chi connectivity index (χ1n) is 8.38. The van der Waals surface area contributed by atoms with Crippen LogP contribution in [-0.4, -0.2) is 20.8 Å². The molecule has 28 heavy (non-hydrogen) atoms. The van der Waals surface area contributed by atoms with E-state index in [1.54, 1.807) is 23.0 Å². The minimum absolute atomic E-state index is 0.0807. The first kappa shape index (κ1) is 17.6. The summed E-state index contributed by atoms with van der Waals surface area (Å²) in [6, 6.07) is 13.3. The number of anilines is 1. The SMILES string of the molecule is O=C(Nc1cnn(Cc2cccc(F)c2)c1)c1cc(-c2ccc(F)cc2)on1. The highest BCUT2D eigenvalue weighted by molar-refractivity contribution is 6.03. The maximum absolute atomic E-state index is 13.3. The van der Waals surface area contributed by atoms with Crippen molar-refractivity contribution < 1.29 is 18.1 Å². The Kier molecular flexibility index (Phi) is 4.67. The molecule has 140 valence electrons. The van der Waals surface area contributed by atoms with Crippen LogP contribution in [0.3, 0.4) is 0 Å². The molecule has 0 fully saturated rings. The lowest BCUT2D eigenvalue weighted by Gasteiger charge is -2.02. The molecule has 0 atom stereocenters. The highest BCUT2D eigenvalue weighted by Crippen LogP contribution is 2.21. The third-order valence-electron chi connectivity index (χ3n) is 4.00. The predicted molar refractivity (Wildman–Crippen MR) is 97.6 cm³/mol. The number of hydrogen-bond acceptors (Lipinski definition) is 4. The molecule has 0 spiro atoms. The number of nitrogens with one attached hydrogen (secondary N) is 1. The first-order valence-corrected chi connectivity index (χ1v) is 8.38. The molecular formula is C20H14F2N4O2. The molecule has 4 rings (SSSR count). The van der Waals surface area contributed by atoms with Crippen LogP contribution < -0.4 is 5.32 Å². The van der Waals surface area contributed by atoms with Crippen LogP contribution in [-0.2, 0) is 6.54 Å². The van der Waals surface area contributed by atoms with Crippen molar-refractivity contribution in [3.63, 3.8) is 0 Å². The van der Waals surface area contributed by atoms with E-state index in [1.165, 1.54) is 48.7 Å². The lowest BCUT2D eigenvalue weighted by atomic mass is 10.1. The Labute approximate surface area is 158 Å². The molecule has 2 aromatic heterocycles. The molecule has 0 unspecified atom stereocenters. The van der Waals surface area contributed by atoms with Gasteiger partial charge in [-0.05, 0) is 42.0 Å². The van der Waals surface area contributed by atoms with Crippen LogP contribution in [0.5, 0.6) is 0 Å². The summed E-state index contributed by atoms with van der Waals surface area (Å²) in [5.41, 5.74) is 1.90. The molecule has 0 aliphatic rings. The van der Waals surface area contributed by atoms with E-state index in [2.05, 4.69) is 15.6 Å². The molecule has 0 radical (unpaired) electrons. The van der Waals surface area contributed by atoms with Gasteiger partial charge in [-0.1, -0.05) is 17.3 Å². The van der Waals surface area contributed by atoms with Crippen LogP contribution in [0.2, 0.25) is 0 Å². The molecular weight excluding hydrogens is 366 g/mol. The molecule has 8 heteroatoms. The summed E-state index contributed by atoms with van der Waals surface area (Å²) in [6.45, 7) is 0.367. The van der Waals surface area contributed by atoms with Crippen molar-refractivity contribution in [1.29, 1.82) is 0 Å². The number of halogens is 2. The fourth-order valence-corrected chi connectivity index (χ4v) is 2.66. The number of carbonyl (C=O) groups excluding carboxylic acids is 1. The van der Waals surface area contributed by atoms with Gasteiger partial charge in [0.1, 0.15) is 11.6 Å². The molecule has 6 nitrogen and oxygen atoms in total. The molecule has 1 N–H and O–H groups in total. The van der Waals surface area contributed by atoms with E-state index in [9.17, 15) is 13.6 Å². The number of hydrogen-bond donors (Lipinski definition) is 1. The number of rotatable bonds is 5. The van der Waals surface area contributed by atoms with Crippen molar-refractivity contribution in [3.8, 4) is 11.3 Å². The van der Waals surface area contributed by atoms with Gasteiger partial charge in [-0.25, -0.2) is 8.78 Å². The van der Waals surface area contributed by atoms with Crippen molar-refractivity contribution in [1.82, 2.24) is 14.9 Å². The number of aromatic nitrogens is 3. The number of nitrogens with zero attached hydrogens (tertiary/aromatic N) is 3. The van der Waals surface area contributed by atoms with Crippen molar-refractivity contribution >= 4 is 11.6 Å². The Balaban J connectivity index is 1.43. The van der Waals surface area contributed by atoms with Crippen molar-refractivity contribution in [2.45, 2.75) is 6.54 Å². The van der Waals surface area contributed by atoms with Crippen LogP contribution in [0, 0.1) is 11.6 Å². The van der Waals surface area contributed by atoms with Gasteiger partial charge in [0.15, 0.2) is 11.5 Å². The normalized spacial score (nSPS) is 10.8. The lowest BCUT2D eigenvalue weighted by Crippen LogP contribution is -2.11. The molecule has 0 saturated carbocycles. The van der Waals surface area contributed by atoms with E-state index >= 15 is 0 Å². The summed E-state index contributed by atoms with van der Waals surface area (Å²) < 4.78 is 33.0. The average Bonchev–Trinajstić information content (AvgIpc) is 3.32. The van der Waals surface area contributed by atoms with E-state index in [1.807, 2.05) is 0 Å². The lowest BCUT2D eigenvalue weighted by molar-refractivity contribution is 0.101. The summed E-state index contributed by atoms with van der Waals surface area (Å²) in [6.07, 6.45) is 3.11. The average molecular weight is 380 g/mol. The van der Waals surface area contributed by atoms with Crippen LogP contribution in [0.15, 0.2) is 71.5 Å². The summed E-state index contributed by atoms with van der Waals surface area (Å²) in [5.74, 6) is -0.799. The second-order valence-corrected chi connectivity index (χ2v) is 6.09. The third-order valence-corrected chi connectivity index (χ3v) is 4.00. The Morgan fingerprint density at radius 2 is 1.89 bits per heavy atom. The van der Waals surface area contributed by atoms with Gasteiger partial charge in [0.05, 0.1) is 18.4 Å². The van der Waals surface area contributed by atoms with Crippen LogP contribution in [0.4, 0.5) is 14.5 Å². The van der Waals surface area contributed by atoms with Crippen LogP contribution >= 0.6 is 0 Å². The van der Waals surface area contributed by atoms with Crippen LogP contribution in [0.25, 0.3) is 11.3 Å². The molecule has 0 bridgehead atoms. The van der Waals surface area contributed by atoms with E-state index < -0.39 is 5.91 Å². The maximum atomic E-state index is 13.3. The molecule has 2 heterocycles. The first-order chi connectivity index (χ1) is 13.6. The van der Waals surface area contributed by atoms with Gasteiger partial charge < -0.3 is 9.84 Å². The number of benzene rings is 2. The summed E-state index contributed by atoms with van der Waals surface area (Å²) >= 11 is 0. The smallest absolute Gasteiger partial charge is 0.277 e. The van der Waals surface area contributed by atoms with Crippen molar-refractivity contribution in [2.24, 2.45) is 0 Å². The van der Waals surface area contributed by atoms with Gasteiger partial charge in [0, 0.05) is 17.8 Å². The number of amides is 1. The minimum Gasteiger partial charge on any atom is -0.355 e. The Morgan fingerprint density at radius 1 is 1.07 bits per heavy atom. The topological polar surface area (TPSA) is 73.0 Å². The highest BCUT2D eigenvalue weighted by Gasteiger charge is 2.15. The predicted octanol–water partition coefficient (Wildman–Crippen LogP) is 4.12. The van der Waals surface area contributed by atoms with Gasteiger partial charge in [-0.3, -0.25) is 9.48 Å². The van der Waals surface area contributed by atoms with E-state index in [4.69, 9.17) is 4.52 Å². The van der Waals surface area contributed by atoms with Crippen molar-refractivity contribution in [2.75, 3.05) is 5.32 Å². The second-order valence-electron chi connectivity index (χ2n) is 6.09. The van der Waals surface area contributed by atoms with Gasteiger partial charge in [0.25, 0.3) is 5.91 Å². The maximum Gasteiger partial charge on any atom is 0.277 e. The largest absolute Gasteiger partial charge is 0.355 e. The van der Waals surface area contributed by atoms with E-state index in [0.29, 0.717) is 23.6 Å². The number of carbonyl (C=O) groups is 1. The zero-order valence-corrected chi connectivity index (χ0v) is 14.5.